The summed E-state index contributed by atoms with van der Waals surface area (Å²) in [5, 5.41) is 11.1. The fourth-order valence-electron chi connectivity index (χ4n) is 4.95. The van der Waals surface area contributed by atoms with Crippen molar-refractivity contribution in [2.24, 2.45) is 0 Å². The molecule has 0 aliphatic heterocycles. The first-order chi connectivity index (χ1) is 14.9. The summed E-state index contributed by atoms with van der Waals surface area (Å²) in [7, 11) is 0. The van der Waals surface area contributed by atoms with Gasteiger partial charge in [0.15, 0.2) is 5.60 Å². The lowest BCUT2D eigenvalue weighted by molar-refractivity contribution is -0.185. The summed E-state index contributed by atoms with van der Waals surface area (Å²) in [6, 6.07) is 0. The second-order valence-corrected chi connectivity index (χ2v) is 9.55. The fraction of sp³-hybridized carbons (Fsp3) is 0.875. The van der Waals surface area contributed by atoms with Gasteiger partial charge in [0, 0.05) is 0 Å². The number of ether oxygens (including phenoxy) is 3. The van der Waals surface area contributed by atoms with E-state index in [1.54, 1.807) is 0 Å². The van der Waals surface area contributed by atoms with Crippen LogP contribution in [0.1, 0.15) is 109 Å². The molecule has 0 aromatic carbocycles. The lowest BCUT2D eigenvalue weighted by Gasteiger charge is -2.30. The van der Waals surface area contributed by atoms with Crippen LogP contribution in [0.25, 0.3) is 0 Å². The molecule has 3 aliphatic rings. The maximum Gasteiger partial charge on any atom is 0.339 e. The monoisotopic (exact) mass is 438 g/mol. The minimum atomic E-state index is -2.26. The molecule has 3 saturated carbocycles. The molecule has 7 heteroatoms. The zero-order valence-corrected chi connectivity index (χ0v) is 18.6. The van der Waals surface area contributed by atoms with Crippen LogP contribution in [0.4, 0.5) is 0 Å². The molecule has 3 fully saturated rings. The number of rotatable bonds is 8. The summed E-state index contributed by atoms with van der Waals surface area (Å²) in [5.74, 6) is -2.25. The van der Waals surface area contributed by atoms with E-state index in [0.29, 0.717) is 0 Å². The third kappa shape index (κ3) is 7.78. The normalized spacial score (nSPS) is 22.0. The molecule has 0 aromatic heterocycles. The van der Waals surface area contributed by atoms with Gasteiger partial charge in [0.05, 0.1) is 12.8 Å². The van der Waals surface area contributed by atoms with Crippen molar-refractivity contribution >= 4 is 17.9 Å². The maximum absolute atomic E-state index is 12.9. The van der Waals surface area contributed by atoms with Gasteiger partial charge >= 0.3 is 17.9 Å². The third-order valence-corrected chi connectivity index (χ3v) is 6.78. The van der Waals surface area contributed by atoms with Gasteiger partial charge in [-0.2, -0.15) is 0 Å². The van der Waals surface area contributed by atoms with E-state index < -0.39 is 36.4 Å². The standard InChI is InChI=1S/C24H38O7/c25-21(29-18-10-4-1-5-11-18)16-24(28,23(27)31-20-14-8-3-9-15-20)17-22(26)30-19-12-6-2-7-13-19/h18-20,28H,1-17H2. The Labute approximate surface area is 185 Å². The van der Waals surface area contributed by atoms with Crippen LogP contribution in [-0.2, 0) is 28.6 Å². The van der Waals surface area contributed by atoms with Crippen LogP contribution < -0.4 is 0 Å². The van der Waals surface area contributed by atoms with E-state index in [0.717, 1.165) is 96.3 Å². The molecule has 1 N–H and O–H groups in total. The minimum Gasteiger partial charge on any atom is -0.462 e. The second-order valence-electron chi connectivity index (χ2n) is 9.55. The number of aliphatic hydroxyl groups is 1. The Morgan fingerprint density at radius 2 is 0.903 bits per heavy atom. The van der Waals surface area contributed by atoms with Crippen LogP contribution in [-0.4, -0.2) is 46.9 Å². The predicted molar refractivity (Wildman–Crippen MR) is 113 cm³/mol. The van der Waals surface area contributed by atoms with E-state index in [2.05, 4.69) is 0 Å². The van der Waals surface area contributed by atoms with Gasteiger partial charge in [-0.25, -0.2) is 4.79 Å². The van der Waals surface area contributed by atoms with Gasteiger partial charge in [0.1, 0.15) is 18.3 Å². The Morgan fingerprint density at radius 3 is 1.26 bits per heavy atom. The highest BCUT2D eigenvalue weighted by atomic mass is 16.6. The highest BCUT2D eigenvalue weighted by Crippen LogP contribution is 2.28. The fourth-order valence-corrected chi connectivity index (χ4v) is 4.95. The van der Waals surface area contributed by atoms with Gasteiger partial charge in [0.2, 0.25) is 0 Å². The van der Waals surface area contributed by atoms with Crippen LogP contribution in [0.2, 0.25) is 0 Å². The highest BCUT2D eigenvalue weighted by molar-refractivity contribution is 5.90. The first-order valence-corrected chi connectivity index (χ1v) is 12.3. The SMILES string of the molecule is O=C(CC(O)(CC(=O)OC1CCCCC1)C(=O)OC1CCCCC1)OC1CCCCC1. The highest BCUT2D eigenvalue weighted by Gasteiger charge is 2.45. The van der Waals surface area contributed by atoms with Crippen molar-refractivity contribution in [2.75, 3.05) is 0 Å². The van der Waals surface area contributed by atoms with E-state index in [4.69, 9.17) is 14.2 Å². The van der Waals surface area contributed by atoms with E-state index in [1.807, 2.05) is 0 Å². The lowest BCUT2D eigenvalue weighted by Crippen LogP contribution is -2.47. The molecule has 3 rings (SSSR count). The van der Waals surface area contributed by atoms with E-state index >= 15 is 0 Å². The van der Waals surface area contributed by atoms with Crippen molar-refractivity contribution < 1.29 is 33.7 Å². The molecule has 0 radical (unpaired) electrons. The molecule has 7 nitrogen and oxygen atoms in total. The van der Waals surface area contributed by atoms with Gasteiger partial charge in [-0.15, -0.1) is 0 Å². The Hall–Kier alpha value is -1.63. The van der Waals surface area contributed by atoms with Crippen molar-refractivity contribution in [1.29, 1.82) is 0 Å². The Balaban J connectivity index is 1.61. The number of hydrogen-bond donors (Lipinski definition) is 1. The first-order valence-electron chi connectivity index (χ1n) is 12.3. The van der Waals surface area contributed by atoms with Crippen LogP contribution in [0.5, 0.6) is 0 Å². The number of carbonyl (C=O) groups excluding carboxylic acids is 3. The van der Waals surface area contributed by atoms with Crippen molar-refractivity contribution in [3.05, 3.63) is 0 Å². The zero-order chi connectivity index (χ0) is 22.1. The van der Waals surface area contributed by atoms with Crippen molar-refractivity contribution in [2.45, 2.75) is 133 Å². The molecule has 0 spiro atoms. The number of carbonyl (C=O) groups is 3. The average molecular weight is 439 g/mol. The molecule has 3 aliphatic carbocycles. The molecular formula is C24H38O7. The maximum atomic E-state index is 12.9. The number of hydrogen-bond acceptors (Lipinski definition) is 7. The Kier molecular flexibility index (Phi) is 9.17. The Morgan fingerprint density at radius 1 is 0.581 bits per heavy atom. The van der Waals surface area contributed by atoms with Crippen LogP contribution in [0.3, 0.4) is 0 Å². The van der Waals surface area contributed by atoms with Crippen LogP contribution in [0.15, 0.2) is 0 Å². The van der Waals surface area contributed by atoms with E-state index in [9.17, 15) is 19.5 Å². The summed E-state index contributed by atoms with van der Waals surface area (Å²) in [5.41, 5.74) is -2.26. The summed E-state index contributed by atoms with van der Waals surface area (Å²) in [4.78, 5) is 38.0. The van der Waals surface area contributed by atoms with Gasteiger partial charge in [-0.05, 0) is 77.0 Å². The topological polar surface area (TPSA) is 99.1 Å². The molecule has 0 aromatic rings. The Bertz CT molecular complexity index is 565. The first kappa shape index (κ1) is 24.0. The largest absolute Gasteiger partial charge is 0.462 e. The average Bonchev–Trinajstić information content (AvgIpc) is 2.75. The van der Waals surface area contributed by atoms with Gasteiger partial charge in [-0.1, -0.05) is 19.3 Å². The predicted octanol–water partition coefficient (Wildman–Crippen LogP) is 4.13. The molecule has 0 atom stereocenters. The summed E-state index contributed by atoms with van der Waals surface area (Å²) in [6.45, 7) is 0. The smallest absolute Gasteiger partial charge is 0.339 e. The summed E-state index contributed by atoms with van der Waals surface area (Å²) >= 11 is 0. The van der Waals surface area contributed by atoms with Crippen molar-refractivity contribution in [3.63, 3.8) is 0 Å². The van der Waals surface area contributed by atoms with Gasteiger partial charge < -0.3 is 19.3 Å². The molecule has 0 saturated heterocycles. The van der Waals surface area contributed by atoms with E-state index in [-0.39, 0.29) is 18.3 Å². The molecule has 31 heavy (non-hydrogen) atoms. The van der Waals surface area contributed by atoms with Crippen LogP contribution in [0, 0.1) is 0 Å². The van der Waals surface area contributed by atoms with Gasteiger partial charge in [0.25, 0.3) is 0 Å². The molecule has 176 valence electrons. The zero-order valence-electron chi connectivity index (χ0n) is 18.6. The summed E-state index contributed by atoms with van der Waals surface area (Å²) in [6.07, 6.45) is 12.1. The van der Waals surface area contributed by atoms with Crippen molar-refractivity contribution in [1.82, 2.24) is 0 Å². The van der Waals surface area contributed by atoms with E-state index in [1.165, 1.54) is 0 Å². The molecular weight excluding hydrogens is 400 g/mol. The minimum absolute atomic E-state index is 0.186. The van der Waals surface area contributed by atoms with Gasteiger partial charge in [-0.3, -0.25) is 9.59 Å². The lowest BCUT2D eigenvalue weighted by atomic mass is 9.93. The third-order valence-electron chi connectivity index (χ3n) is 6.78. The molecule has 0 amide bonds. The quantitative estimate of drug-likeness (QED) is 0.449. The summed E-state index contributed by atoms with van der Waals surface area (Å²) < 4.78 is 16.5. The molecule has 0 heterocycles. The molecule has 0 bridgehead atoms. The van der Waals surface area contributed by atoms with Crippen LogP contribution >= 0.6 is 0 Å². The van der Waals surface area contributed by atoms with Crippen molar-refractivity contribution in [3.8, 4) is 0 Å². The second kappa shape index (κ2) is 11.8. The number of esters is 3. The molecule has 0 unspecified atom stereocenters.